The first-order chi connectivity index (χ1) is 10.1. The molecule has 1 aromatic heterocycles. The number of hydrogen-bond acceptors (Lipinski definition) is 4. The van der Waals surface area contributed by atoms with Gasteiger partial charge in [-0.25, -0.2) is 4.98 Å². The minimum Gasteiger partial charge on any atom is -0.381 e. The normalized spacial score (nSPS) is 19.3. The van der Waals surface area contributed by atoms with Gasteiger partial charge in [0.15, 0.2) is 0 Å². The zero-order chi connectivity index (χ0) is 15.2. The van der Waals surface area contributed by atoms with Gasteiger partial charge in [0.05, 0.1) is 12.2 Å². The summed E-state index contributed by atoms with van der Waals surface area (Å²) in [7, 11) is 0. The van der Waals surface area contributed by atoms with Crippen molar-refractivity contribution in [3.63, 3.8) is 0 Å². The predicted octanol–water partition coefficient (Wildman–Crippen LogP) is 2.82. The van der Waals surface area contributed by atoms with E-state index in [1.165, 1.54) is 0 Å². The second-order valence-electron chi connectivity index (χ2n) is 5.36. The minimum absolute atomic E-state index is 0.0954. The fourth-order valence-corrected chi connectivity index (χ4v) is 2.68. The fourth-order valence-electron chi connectivity index (χ4n) is 2.35. The van der Waals surface area contributed by atoms with Crippen molar-refractivity contribution >= 4 is 27.7 Å². The molecule has 1 aliphatic rings. The molecule has 0 spiro atoms. The summed E-state index contributed by atoms with van der Waals surface area (Å²) in [6.45, 7) is 6.41. The van der Waals surface area contributed by atoms with E-state index in [9.17, 15) is 4.79 Å². The monoisotopic (exact) mass is 355 g/mol. The van der Waals surface area contributed by atoms with Crippen LogP contribution in [-0.2, 0) is 4.74 Å². The zero-order valence-corrected chi connectivity index (χ0v) is 14.1. The summed E-state index contributed by atoms with van der Waals surface area (Å²) in [6.07, 6.45) is 3.68. The number of carbonyl (C=O) groups excluding carboxylic acids is 1. The second-order valence-corrected chi connectivity index (χ2v) is 6.28. The Kier molecular flexibility index (Phi) is 5.99. The lowest BCUT2D eigenvalue weighted by Gasteiger charge is -2.20. The van der Waals surface area contributed by atoms with Crippen molar-refractivity contribution < 1.29 is 9.53 Å². The first-order valence-electron chi connectivity index (χ1n) is 7.39. The largest absolute Gasteiger partial charge is 0.381 e. The average molecular weight is 356 g/mol. The molecule has 2 rings (SSSR count). The lowest BCUT2D eigenvalue weighted by molar-refractivity contribution is 0.0922. The first-order valence-corrected chi connectivity index (χ1v) is 8.19. The number of pyridine rings is 1. The number of halogens is 1. The summed E-state index contributed by atoms with van der Waals surface area (Å²) in [5.41, 5.74) is 0.573. The van der Waals surface area contributed by atoms with Gasteiger partial charge in [-0.15, -0.1) is 0 Å². The van der Waals surface area contributed by atoms with Crippen LogP contribution in [0.4, 0.5) is 5.82 Å². The Morgan fingerprint density at radius 2 is 2.43 bits per heavy atom. The molecule has 0 saturated carbocycles. The van der Waals surface area contributed by atoms with E-state index >= 15 is 0 Å². The van der Waals surface area contributed by atoms with Gasteiger partial charge >= 0.3 is 0 Å². The molecule has 2 N–H and O–H groups in total. The van der Waals surface area contributed by atoms with Crippen LogP contribution in [0.15, 0.2) is 16.7 Å². The highest BCUT2D eigenvalue weighted by molar-refractivity contribution is 9.10. The van der Waals surface area contributed by atoms with E-state index in [0.717, 1.165) is 37.1 Å². The van der Waals surface area contributed by atoms with E-state index in [1.54, 1.807) is 12.3 Å². The third-order valence-corrected chi connectivity index (χ3v) is 4.11. The van der Waals surface area contributed by atoms with E-state index in [2.05, 4.69) is 38.5 Å². The molecule has 116 valence electrons. The molecule has 1 saturated heterocycles. The summed E-state index contributed by atoms with van der Waals surface area (Å²) in [4.78, 5) is 16.8. The summed E-state index contributed by atoms with van der Waals surface area (Å²) in [5, 5.41) is 6.26. The Bertz CT molecular complexity index is 490. The van der Waals surface area contributed by atoms with Crippen LogP contribution in [-0.4, -0.2) is 36.7 Å². The van der Waals surface area contributed by atoms with Crippen molar-refractivity contribution in [3.05, 3.63) is 22.3 Å². The molecule has 5 nitrogen and oxygen atoms in total. The lowest BCUT2D eigenvalue weighted by atomic mass is 10.0. The number of nitrogens with zero attached hydrogens (tertiary/aromatic N) is 1. The molecule has 21 heavy (non-hydrogen) atoms. The summed E-state index contributed by atoms with van der Waals surface area (Å²) >= 11 is 3.38. The summed E-state index contributed by atoms with van der Waals surface area (Å²) < 4.78 is 6.18. The van der Waals surface area contributed by atoms with Gasteiger partial charge in [-0.1, -0.05) is 6.92 Å². The number of rotatable bonds is 6. The average Bonchev–Trinajstić information content (AvgIpc) is 3.00. The third-order valence-electron chi connectivity index (χ3n) is 3.67. The number of ether oxygens (including phenoxy) is 1. The summed E-state index contributed by atoms with van der Waals surface area (Å²) in [5.74, 6) is 0.926. The summed E-state index contributed by atoms with van der Waals surface area (Å²) in [6, 6.07) is 1.90. The molecule has 1 fully saturated rings. The first kappa shape index (κ1) is 16.2. The molecule has 2 heterocycles. The maximum atomic E-state index is 12.5. The van der Waals surface area contributed by atoms with Crippen molar-refractivity contribution in [2.45, 2.75) is 32.7 Å². The van der Waals surface area contributed by atoms with Crippen LogP contribution in [0.5, 0.6) is 0 Å². The molecule has 0 bridgehead atoms. The topological polar surface area (TPSA) is 63.2 Å². The van der Waals surface area contributed by atoms with Gasteiger partial charge in [-0.2, -0.15) is 0 Å². The van der Waals surface area contributed by atoms with E-state index < -0.39 is 0 Å². The van der Waals surface area contributed by atoms with Crippen molar-refractivity contribution in [1.82, 2.24) is 10.3 Å². The number of amides is 1. The number of aromatic nitrogens is 1. The smallest absolute Gasteiger partial charge is 0.255 e. The van der Waals surface area contributed by atoms with Crippen LogP contribution in [0.3, 0.4) is 0 Å². The Morgan fingerprint density at radius 3 is 3.10 bits per heavy atom. The molecular weight excluding hydrogens is 334 g/mol. The van der Waals surface area contributed by atoms with Crippen molar-refractivity contribution in [3.8, 4) is 0 Å². The van der Waals surface area contributed by atoms with Gasteiger partial charge in [0.1, 0.15) is 5.82 Å². The van der Waals surface area contributed by atoms with Crippen LogP contribution < -0.4 is 10.6 Å². The van der Waals surface area contributed by atoms with Crippen molar-refractivity contribution in [2.75, 3.05) is 25.1 Å². The van der Waals surface area contributed by atoms with Crippen molar-refractivity contribution in [1.29, 1.82) is 0 Å². The third kappa shape index (κ3) is 4.41. The number of carbonyl (C=O) groups is 1. The maximum Gasteiger partial charge on any atom is 0.255 e. The Labute approximate surface area is 134 Å². The molecule has 6 heteroatoms. The molecule has 1 aromatic rings. The van der Waals surface area contributed by atoms with Gasteiger partial charge in [0.25, 0.3) is 5.91 Å². The van der Waals surface area contributed by atoms with Gasteiger partial charge in [-0.05, 0) is 41.8 Å². The Morgan fingerprint density at radius 1 is 1.62 bits per heavy atom. The second kappa shape index (κ2) is 7.75. The number of anilines is 1. The molecule has 0 radical (unpaired) electrons. The van der Waals surface area contributed by atoms with E-state index in [4.69, 9.17) is 4.74 Å². The molecule has 1 aliphatic heterocycles. The fraction of sp³-hybridized carbons (Fsp3) is 0.600. The van der Waals surface area contributed by atoms with Gasteiger partial charge in [0, 0.05) is 35.8 Å². The maximum absolute atomic E-state index is 12.5. The molecule has 2 unspecified atom stereocenters. The molecule has 2 atom stereocenters. The predicted molar refractivity (Wildman–Crippen MR) is 86.6 cm³/mol. The standard InChI is InChI=1S/C15H22BrN3O2/c1-3-5-17-14-13(7-12(16)8-18-14)15(20)19-10(2)11-4-6-21-9-11/h7-8,10-11H,3-6,9H2,1-2H3,(H,17,18)(H,19,20). The van der Waals surface area contributed by atoms with E-state index in [1.807, 2.05) is 6.92 Å². The number of nitrogens with one attached hydrogen (secondary N) is 2. The molecular formula is C15H22BrN3O2. The minimum atomic E-state index is -0.0956. The van der Waals surface area contributed by atoms with Crippen LogP contribution in [0, 0.1) is 5.92 Å². The number of hydrogen-bond donors (Lipinski definition) is 2. The van der Waals surface area contributed by atoms with Gasteiger partial charge in [0.2, 0.25) is 0 Å². The van der Waals surface area contributed by atoms with Crippen LogP contribution in [0.2, 0.25) is 0 Å². The highest BCUT2D eigenvalue weighted by Gasteiger charge is 2.24. The zero-order valence-electron chi connectivity index (χ0n) is 12.5. The van der Waals surface area contributed by atoms with Gasteiger partial charge in [-0.3, -0.25) is 4.79 Å². The SMILES string of the molecule is CCCNc1ncc(Br)cc1C(=O)NC(C)C1CCOC1. The van der Waals surface area contributed by atoms with Crippen molar-refractivity contribution in [2.24, 2.45) is 5.92 Å². The molecule has 1 amide bonds. The Hall–Kier alpha value is -1.14. The van der Waals surface area contributed by atoms with E-state index in [-0.39, 0.29) is 11.9 Å². The van der Waals surface area contributed by atoms with Crippen LogP contribution >= 0.6 is 15.9 Å². The molecule has 0 aliphatic carbocycles. The van der Waals surface area contributed by atoms with Crippen LogP contribution in [0.25, 0.3) is 0 Å². The highest BCUT2D eigenvalue weighted by Crippen LogP contribution is 2.20. The molecule has 0 aromatic carbocycles. The van der Waals surface area contributed by atoms with E-state index in [0.29, 0.717) is 17.3 Å². The van der Waals surface area contributed by atoms with Crippen LogP contribution in [0.1, 0.15) is 37.0 Å². The quantitative estimate of drug-likeness (QED) is 0.823. The highest BCUT2D eigenvalue weighted by atomic mass is 79.9. The van der Waals surface area contributed by atoms with Gasteiger partial charge < -0.3 is 15.4 Å². The lowest BCUT2D eigenvalue weighted by Crippen LogP contribution is -2.38. The Balaban J connectivity index is 2.07.